The van der Waals surface area contributed by atoms with Crippen molar-refractivity contribution in [1.82, 2.24) is 5.32 Å². The largest absolute Gasteiger partial charge is 0.372 e. The standard InChI is InChI=1S/C10H17Cl3N2O2/c1-2-8(16)15-9(10(11,12)13)14-6-7-4-3-5-17-7/h7,9,14H,2-6H2,1H3,(H,15,16)/p+1/t7-,9-/m0/s1. The highest BCUT2D eigenvalue weighted by atomic mass is 35.6. The second-order valence-electron chi connectivity index (χ2n) is 4.05. The van der Waals surface area contributed by atoms with Crippen LogP contribution in [0.25, 0.3) is 0 Å². The van der Waals surface area contributed by atoms with Crippen LogP contribution in [0.1, 0.15) is 26.2 Å². The highest BCUT2D eigenvalue weighted by Gasteiger charge is 2.37. The second-order valence-corrected chi connectivity index (χ2v) is 6.42. The van der Waals surface area contributed by atoms with Crippen LogP contribution >= 0.6 is 34.8 Å². The molecule has 0 aromatic heterocycles. The van der Waals surface area contributed by atoms with Gasteiger partial charge in [-0.05, 0) is 12.8 Å². The van der Waals surface area contributed by atoms with Crippen LogP contribution in [0.15, 0.2) is 0 Å². The molecular weight excluding hydrogens is 286 g/mol. The molecule has 0 aliphatic carbocycles. The van der Waals surface area contributed by atoms with Gasteiger partial charge in [0.25, 0.3) is 3.79 Å². The van der Waals surface area contributed by atoms with E-state index in [1.54, 1.807) is 6.92 Å². The predicted octanol–water partition coefficient (Wildman–Crippen LogP) is 0.951. The van der Waals surface area contributed by atoms with Gasteiger partial charge < -0.3 is 15.4 Å². The summed E-state index contributed by atoms with van der Waals surface area (Å²) in [5.41, 5.74) is 0. The molecule has 1 rings (SSSR count). The van der Waals surface area contributed by atoms with E-state index in [9.17, 15) is 4.79 Å². The molecule has 1 aliphatic heterocycles. The topological polar surface area (TPSA) is 54.9 Å². The molecule has 0 radical (unpaired) electrons. The Hall–Kier alpha value is 0.260. The lowest BCUT2D eigenvalue weighted by molar-refractivity contribution is -0.697. The van der Waals surface area contributed by atoms with Crippen LogP contribution in [0.3, 0.4) is 0 Å². The van der Waals surface area contributed by atoms with Gasteiger partial charge in [0.15, 0.2) is 0 Å². The van der Waals surface area contributed by atoms with Crippen molar-refractivity contribution >= 4 is 40.7 Å². The Bertz CT molecular complexity index is 252. The van der Waals surface area contributed by atoms with Crippen LogP contribution < -0.4 is 10.6 Å². The van der Waals surface area contributed by atoms with E-state index >= 15 is 0 Å². The van der Waals surface area contributed by atoms with Crippen molar-refractivity contribution in [2.45, 2.75) is 42.2 Å². The number of halogens is 3. The van der Waals surface area contributed by atoms with Gasteiger partial charge in [-0.1, -0.05) is 41.7 Å². The van der Waals surface area contributed by atoms with Crippen molar-refractivity contribution in [3.05, 3.63) is 0 Å². The molecule has 0 aromatic carbocycles. The summed E-state index contributed by atoms with van der Waals surface area (Å²) in [6, 6.07) is 0. The normalized spacial score (nSPS) is 22.5. The number of amides is 1. The molecule has 4 nitrogen and oxygen atoms in total. The third-order valence-corrected chi connectivity index (χ3v) is 3.35. The maximum absolute atomic E-state index is 11.3. The van der Waals surface area contributed by atoms with Gasteiger partial charge in [0.1, 0.15) is 12.6 Å². The maximum atomic E-state index is 11.3. The van der Waals surface area contributed by atoms with E-state index in [1.807, 2.05) is 5.32 Å². The first-order valence-electron chi connectivity index (χ1n) is 5.74. The van der Waals surface area contributed by atoms with Crippen molar-refractivity contribution < 1.29 is 14.8 Å². The maximum Gasteiger partial charge on any atom is 0.262 e. The summed E-state index contributed by atoms with van der Waals surface area (Å²) in [5.74, 6) is -0.134. The molecule has 0 spiro atoms. The third kappa shape index (κ3) is 5.62. The number of carbonyl (C=O) groups excluding carboxylic acids is 1. The first kappa shape index (κ1) is 15.3. The van der Waals surface area contributed by atoms with Crippen molar-refractivity contribution in [3.63, 3.8) is 0 Å². The Labute approximate surface area is 116 Å². The van der Waals surface area contributed by atoms with Gasteiger partial charge in [0, 0.05) is 13.0 Å². The molecule has 0 aromatic rings. The molecule has 1 fully saturated rings. The first-order valence-corrected chi connectivity index (χ1v) is 6.88. The number of rotatable bonds is 5. The Kier molecular flexibility index (Phi) is 6.31. The summed E-state index contributed by atoms with van der Waals surface area (Å²) in [5, 5.41) is 4.50. The van der Waals surface area contributed by atoms with Crippen molar-refractivity contribution in [2.24, 2.45) is 0 Å². The Morgan fingerprint density at radius 1 is 1.59 bits per heavy atom. The number of quaternary nitrogens is 1. The van der Waals surface area contributed by atoms with Gasteiger partial charge in [-0.25, -0.2) is 0 Å². The predicted molar refractivity (Wildman–Crippen MR) is 68.3 cm³/mol. The molecule has 1 aliphatic rings. The highest BCUT2D eigenvalue weighted by Crippen LogP contribution is 2.27. The monoisotopic (exact) mass is 303 g/mol. The fourth-order valence-electron chi connectivity index (χ4n) is 1.67. The van der Waals surface area contributed by atoms with E-state index in [-0.39, 0.29) is 12.0 Å². The van der Waals surface area contributed by atoms with E-state index in [0.29, 0.717) is 13.0 Å². The zero-order valence-electron chi connectivity index (χ0n) is 9.72. The molecule has 0 unspecified atom stereocenters. The van der Waals surface area contributed by atoms with Crippen LogP contribution in [-0.2, 0) is 9.53 Å². The van der Waals surface area contributed by atoms with Gasteiger partial charge in [0.05, 0.1) is 0 Å². The zero-order chi connectivity index (χ0) is 12.9. The Morgan fingerprint density at radius 3 is 2.76 bits per heavy atom. The lowest BCUT2D eigenvalue weighted by Crippen LogP contribution is -2.97. The minimum absolute atomic E-state index is 0.134. The molecule has 0 saturated carbocycles. The SMILES string of the molecule is CCC(=O)N[C@H]([NH2+]C[C@@H]1CCCO1)C(Cl)(Cl)Cl. The molecule has 7 heteroatoms. The van der Waals surface area contributed by atoms with E-state index in [4.69, 9.17) is 39.5 Å². The lowest BCUT2D eigenvalue weighted by atomic mass is 10.2. The Morgan fingerprint density at radius 2 is 2.29 bits per heavy atom. The van der Waals surface area contributed by atoms with Crippen LogP contribution in [-0.4, -0.2) is 35.1 Å². The highest BCUT2D eigenvalue weighted by molar-refractivity contribution is 6.68. The first-order chi connectivity index (χ1) is 7.93. The minimum atomic E-state index is -1.52. The number of alkyl halides is 3. The molecule has 1 amide bonds. The molecule has 100 valence electrons. The van der Waals surface area contributed by atoms with Gasteiger partial charge in [-0.2, -0.15) is 0 Å². The van der Waals surface area contributed by atoms with Gasteiger partial charge in [-0.3, -0.25) is 4.79 Å². The number of nitrogens with two attached hydrogens (primary N) is 1. The van der Waals surface area contributed by atoms with Crippen LogP contribution in [0.4, 0.5) is 0 Å². The number of ether oxygens (including phenoxy) is 1. The van der Waals surface area contributed by atoms with E-state index in [2.05, 4.69) is 5.32 Å². The van der Waals surface area contributed by atoms with Gasteiger partial charge in [-0.15, -0.1) is 0 Å². The van der Waals surface area contributed by atoms with E-state index < -0.39 is 9.96 Å². The van der Waals surface area contributed by atoms with E-state index in [0.717, 1.165) is 19.4 Å². The van der Waals surface area contributed by atoms with Crippen LogP contribution in [0.2, 0.25) is 0 Å². The fraction of sp³-hybridized carbons (Fsp3) is 0.900. The lowest BCUT2D eigenvalue weighted by Gasteiger charge is -2.24. The number of nitrogens with one attached hydrogen (secondary N) is 1. The minimum Gasteiger partial charge on any atom is -0.372 e. The Balaban J connectivity index is 2.42. The average Bonchev–Trinajstić information content (AvgIpc) is 2.74. The molecule has 1 saturated heterocycles. The molecular formula is C10H18Cl3N2O2+. The van der Waals surface area contributed by atoms with E-state index in [1.165, 1.54) is 0 Å². The smallest absolute Gasteiger partial charge is 0.262 e. The molecule has 2 atom stereocenters. The summed E-state index contributed by atoms with van der Waals surface area (Å²) in [4.78, 5) is 11.3. The quantitative estimate of drug-likeness (QED) is 0.587. The van der Waals surface area contributed by atoms with Gasteiger partial charge in [0.2, 0.25) is 12.1 Å². The van der Waals surface area contributed by atoms with Gasteiger partial charge >= 0.3 is 0 Å². The number of hydrogen-bond acceptors (Lipinski definition) is 2. The molecule has 0 bridgehead atoms. The molecule has 1 heterocycles. The zero-order valence-corrected chi connectivity index (χ0v) is 12.0. The number of hydrogen-bond donors (Lipinski definition) is 2. The summed E-state index contributed by atoms with van der Waals surface area (Å²) in [6.07, 6.45) is 2.06. The second kappa shape index (κ2) is 7.00. The third-order valence-electron chi connectivity index (χ3n) is 2.65. The fourth-order valence-corrected chi connectivity index (χ4v) is 2.10. The molecule has 17 heavy (non-hydrogen) atoms. The summed E-state index contributed by atoms with van der Waals surface area (Å²) in [7, 11) is 0. The van der Waals surface area contributed by atoms with Crippen LogP contribution in [0.5, 0.6) is 0 Å². The average molecular weight is 305 g/mol. The van der Waals surface area contributed by atoms with Crippen molar-refractivity contribution in [1.29, 1.82) is 0 Å². The summed E-state index contributed by atoms with van der Waals surface area (Å²) in [6.45, 7) is 3.23. The summed E-state index contributed by atoms with van der Waals surface area (Å²) < 4.78 is 3.95. The molecule has 3 N–H and O–H groups in total. The van der Waals surface area contributed by atoms with Crippen LogP contribution in [0, 0.1) is 0 Å². The van der Waals surface area contributed by atoms with Crippen molar-refractivity contribution in [3.8, 4) is 0 Å². The number of carbonyl (C=O) groups is 1. The summed E-state index contributed by atoms with van der Waals surface area (Å²) >= 11 is 17.5. The van der Waals surface area contributed by atoms with Crippen molar-refractivity contribution in [2.75, 3.05) is 13.2 Å².